The zero-order chi connectivity index (χ0) is 71.6. The summed E-state index contributed by atoms with van der Waals surface area (Å²) in [6, 6.07) is -9.99. The predicted molar refractivity (Wildman–Crippen MR) is 365 cm³/mol. The lowest BCUT2D eigenvalue weighted by molar-refractivity contribution is -0.151. The van der Waals surface area contributed by atoms with Gasteiger partial charge in [0, 0.05) is 73.2 Å². The first-order valence-electron chi connectivity index (χ1n) is 35.3. The number of carbonyl (C=O) groups excluding carboxylic acids is 12. The molecule has 3 saturated carbocycles. The van der Waals surface area contributed by atoms with E-state index in [0.29, 0.717) is 64.5 Å². The van der Waals surface area contributed by atoms with Gasteiger partial charge in [0.05, 0.1) is 26.1 Å². The maximum atomic E-state index is 15.5. The van der Waals surface area contributed by atoms with Gasteiger partial charge in [0.1, 0.15) is 54.5 Å². The lowest BCUT2D eigenvalue weighted by atomic mass is 9.83. The molecule has 96 heavy (non-hydrogen) atoms. The molecule has 0 aromatic heterocycles. The zero-order valence-corrected chi connectivity index (χ0v) is 61.3. The smallest absolute Gasteiger partial charge is 0.245 e. The summed E-state index contributed by atoms with van der Waals surface area (Å²) in [6.07, 6.45) is 8.06. The van der Waals surface area contributed by atoms with E-state index < -0.39 is 169 Å². The Morgan fingerprint density at radius 1 is 0.500 bits per heavy atom. The van der Waals surface area contributed by atoms with Crippen LogP contribution < -0.4 is 21.3 Å². The molecule has 24 nitrogen and oxygen atoms in total. The molecule has 12 atom stereocenters. The number of carbonyl (C=O) groups is 12. The highest BCUT2D eigenvalue weighted by molar-refractivity contribution is 6.21. The van der Waals surface area contributed by atoms with Crippen molar-refractivity contribution in [1.82, 2.24) is 60.5 Å². The average Bonchev–Trinajstić information content (AvgIpc) is 0.889. The monoisotopic (exact) mass is 1390 g/mol. The quantitative estimate of drug-likeness (QED) is 0.176. The van der Waals surface area contributed by atoms with Gasteiger partial charge in [-0.1, -0.05) is 80.1 Å². The molecule has 0 aromatic carbocycles. The summed E-state index contributed by atoms with van der Waals surface area (Å²) in [5.74, 6) is -9.26. The average molecular weight is 1390 g/mol. The molecule has 2 heterocycles. The number of likely N-dealkylation sites (N-methyl/N-ethyl adjacent to an activating group) is 7. The fraction of sp³-hybridized carbons (Fsp3) is 0.826. The van der Waals surface area contributed by atoms with E-state index in [9.17, 15) is 38.4 Å². The van der Waals surface area contributed by atoms with Gasteiger partial charge in [-0.05, 0) is 132 Å². The van der Waals surface area contributed by atoms with E-state index in [1.54, 1.807) is 11.8 Å². The van der Waals surface area contributed by atoms with Crippen LogP contribution in [0.4, 0.5) is 4.39 Å². The third-order valence-electron chi connectivity index (χ3n) is 20.8. The molecule has 27 heteroatoms. The molecule has 0 spiro atoms. The molecular weight excluding hydrogens is 1280 g/mol. The minimum absolute atomic E-state index is 0.00929. The maximum absolute atomic E-state index is 15.5. The fourth-order valence-corrected chi connectivity index (χ4v) is 14.9. The summed E-state index contributed by atoms with van der Waals surface area (Å²) in [5.41, 5.74) is 0. The number of hydrogen-bond acceptors (Lipinski definition) is 12. The molecule has 2 saturated heterocycles. The number of nitrogens with zero attached hydrogens (tertiary/aromatic N) is 8. The third-order valence-corrected chi connectivity index (χ3v) is 21.5. The Morgan fingerprint density at radius 3 is 1.65 bits per heavy atom. The van der Waals surface area contributed by atoms with Gasteiger partial charge in [0.15, 0.2) is 0 Å². The lowest BCUT2D eigenvalue weighted by Crippen LogP contribution is -2.61. The van der Waals surface area contributed by atoms with E-state index >= 15 is 23.6 Å². The molecule has 12 amide bonds. The first-order valence-corrected chi connectivity index (χ1v) is 36.2. The summed E-state index contributed by atoms with van der Waals surface area (Å²) in [7, 11) is 9.97. The van der Waals surface area contributed by atoms with Gasteiger partial charge in [-0.25, -0.2) is 4.39 Å². The SMILES string of the molecule is CC[C@H](C)[C@@H]1NC(=O)[C@H](C)N(C)C(=O)C[C@@H](C(=O)N2CCCC2)NC(=O)[C@H](CC(C)C)N(C)C(=O)[C@H](CC2CCCCC2)N(C)C(=O)[C@H](CC(C)C)NC(=O)[C@H](CC2CC(F)CC(Cl)C2)NC(=O)CN(C)C(=O)[C@H](CC2CCC(Cl)CC2)N(C)C(=O)CN(C)C(=O)CN(C)C1=O. The van der Waals surface area contributed by atoms with Crippen molar-refractivity contribution in [3.63, 3.8) is 0 Å². The van der Waals surface area contributed by atoms with Gasteiger partial charge in [-0.15, -0.1) is 23.2 Å². The molecule has 5 rings (SSSR count). The summed E-state index contributed by atoms with van der Waals surface area (Å²) in [4.78, 5) is 186. The second-order valence-corrected chi connectivity index (χ2v) is 30.7. The summed E-state index contributed by atoms with van der Waals surface area (Å²) in [6.45, 7) is 11.6. The van der Waals surface area contributed by atoms with Gasteiger partial charge in [0.25, 0.3) is 0 Å². The van der Waals surface area contributed by atoms with Gasteiger partial charge in [0.2, 0.25) is 70.9 Å². The number of halogens is 3. The Kier molecular flexibility index (Phi) is 31.9. The molecule has 544 valence electrons. The second kappa shape index (κ2) is 37.9. The first kappa shape index (κ1) is 80.8. The van der Waals surface area contributed by atoms with Crippen molar-refractivity contribution in [2.75, 3.05) is 82.1 Å². The van der Waals surface area contributed by atoms with Crippen LogP contribution in [0.2, 0.25) is 0 Å². The number of hydrogen-bond donors (Lipinski definition) is 4. The van der Waals surface area contributed by atoms with Crippen molar-refractivity contribution in [2.45, 2.75) is 249 Å². The molecule has 0 radical (unpaired) electrons. The van der Waals surface area contributed by atoms with Crippen molar-refractivity contribution in [2.24, 2.45) is 35.5 Å². The van der Waals surface area contributed by atoms with Crippen LogP contribution in [0.3, 0.4) is 0 Å². The largest absolute Gasteiger partial charge is 0.343 e. The third kappa shape index (κ3) is 23.4. The Labute approximate surface area is 580 Å². The number of amides is 12. The Morgan fingerprint density at radius 2 is 1.06 bits per heavy atom. The fourth-order valence-electron chi connectivity index (χ4n) is 14.2. The second-order valence-electron chi connectivity index (χ2n) is 29.5. The predicted octanol–water partition coefficient (Wildman–Crippen LogP) is 5.09. The van der Waals surface area contributed by atoms with E-state index in [-0.39, 0.29) is 74.0 Å². The maximum Gasteiger partial charge on any atom is 0.245 e. The highest BCUT2D eigenvalue weighted by Crippen LogP contribution is 2.35. The molecule has 4 N–H and O–H groups in total. The van der Waals surface area contributed by atoms with Crippen molar-refractivity contribution < 1.29 is 61.9 Å². The Hall–Kier alpha value is -5.85. The molecule has 3 aliphatic carbocycles. The molecular formula is C69H115Cl2FN12O12. The molecule has 0 bridgehead atoms. The van der Waals surface area contributed by atoms with E-state index in [4.69, 9.17) is 23.2 Å². The minimum Gasteiger partial charge on any atom is -0.343 e. The van der Waals surface area contributed by atoms with Gasteiger partial charge >= 0.3 is 0 Å². The van der Waals surface area contributed by atoms with Crippen LogP contribution in [0.25, 0.3) is 0 Å². The van der Waals surface area contributed by atoms with Crippen LogP contribution in [0.15, 0.2) is 0 Å². The van der Waals surface area contributed by atoms with Crippen LogP contribution in [0.5, 0.6) is 0 Å². The van der Waals surface area contributed by atoms with Crippen LogP contribution in [-0.2, 0) is 57.5 Å². The molecule has 5 aliphatic rings. The number of alkyl halides is 3. The van der Waals surface area contributed by atoms with E-state index in [2.05, 4.69) is 21.3 Å². The first-order chi connectivity index (χ1) is 45.1. The normalized spacial score (nSPS) is 30.8. The van der Waals surface area contributed by atoms with Gasteiger partial charge in [-0.3, -0.25) is 57.5 Å². The summed E-state index contributed by atoms with van der Waals surface area (Å²) >= 11 is 13.1. The highest BCUT2D eigenvalue weighted by atomic mass is 35.5. The van der Waals surface area contributed by atoms with E-state index in [1.165, 1.54) is 71.0 Å². The number of nitrogens with one attached hydrogen (secondary N) is 4. The zero-order valence-electron chi connectivity index (χ0n) is 59.8. The highest BCUT2D eigenvalue weighted by Gasteiger charge is 2.44. The van der Waals surface area contributed by atoms with Crippen LogP contribution in [-0.4, -0.2) is 257 Å². The van der Waals surface area contributed by atoms with Crippen LogP contribution in [0.1, 0.15) is 183 Å². The van der Waals surface area contributed by atoms with Crippen LogP contribution >= 0.6 is 23.2 Å². The number of likely N-dealkylation sites (tertiary alicyclic amines) is 1. The van der Waals surface area contributed by atoms with Crippen molar-refractivity contribution in [3.05, 3.63) is 0 Å². The van der Waals surface area contributed by atoms with E-state index in [0.717, 1.165) is 51.7 Å². The minimum atomic E-state index is -1.44. The van der Waals surface area contributed by atoms with Crippen LogP contribution in [0, 0.1) is 35.5 Å². The van der Waals surface area contributed by atoms with Crippen molar-refractivity contribution in [3.8, 4) is 0 Å². The lowest BCUT2D eigenvalue weighted by Gasteiger charge is -2.39. The molecule has 3 unspecified atom stereocenters. The Bertz CT molecular complexity index is 2680. The van der Waals surface area contributed by atoms with Crippen molar-refractivity contribution >= 4 is 94.1 Å². The number of rotatable bonds is 13. The Balaban J connectivity index is 1.61. The van der Waals surface area contributed by atoms with Gasteiger partial charge in [-0.2, -0.15) is 0 Å². The standard InChI is InChI=1S/C69H115Cl2FN12O12/c1-15-43(6)61-69(96)79(10)39-59(87)77(8)40-60(88)81(12)55(35-46-23-25-48(70)26-24-46)67(94)78(9)38-57(85)73-51(33-47-31-49(71)36-50(72)32-47)63(90)74-52(29-41(2)3)65(92)83(14)56(34-45-21-17-16-18-22-45)68(95)82(13)54(30-42(4)5)64(91)75-53(66(93)84-27-19-20-28-84)37-58(86)80(11)44(7)62(89)76-61/h41-56,61H,15-40H2,1-14H3,(H,73,85)(H,74,90)(H,75,91)(H,76,89)/t43-,44-,46?,47?,48?,49?,50?,51-,52-,53-,54-,55-,56-,61-/m0/s1. The van der Waals surface area contributed by atoms with E-state index in [1.807, 2.05) is 34.6 Å². The van der Waals surface area contributed by atoms with Gasteiger partial charge < -0.3 is 60.5 Å². The summed E-state index contributed by atoms with van der Waals surface area (Å²) < 4.78 is 15.3. The van der Waals surface area contributed by atoms with Crippen molar-refractivity contribution in [1.29, 1.82) is 0 Å². The molecule has 5 fully saturated rings. The molecule has 0 aromatic rings. The molecule has 2 aliphatic heterocycles. The topological polar surface area (TPSA) is 279 Å². The summed E-state index contributed by atoms with van der Waals surface area (Å²) in [5, 5.41) is 10.8.